The average Bonchev–Trinajstić information content (AvgIpc) is 3.01. The third-order valence-electron chi connectivity index (χ3n) is 8.96. The Morgan fingerprint density at radius 1 is 0.826 bits per heavy atom. The number of carbonyl (C=O) groups is 3. The Balaban J connectivity index is 0.00000480. The molecule has 2 aromatic rings. The van der Waals surface area contributed by atoms with Crippen molar-refractivity contribution in [2.24, 2.45) is 11.8 Å². The number of hydrogen-bond acceptors (Lipinski definition) is 5. The van der Waals surface area contributed by atoms with E-state index in [9.17, 15) is 31.9 Å². The highest BCUT2D eigenvalue weighted by Crippen LogP contribution is 2.47. The van der Waals surface area contributed by atoms with Gasteiger partial charge in [-0.3, -0.25) is 9.59 Å². The van der Waals surface area contributed by atoms with Gasteiger partial charge in [0.05, 0.1) is 6.42 Å². The molecule has 2 fully saturated rings. The Morgan fingerprint density at radius 3 is 2.07 bits per heavy atom. The van der Waals surface area contributed by atoms with Gasteiger partial charge >= 0.3 is 24.2 Å². The predicted molar refractivity (Wildman–Crippen MR) is 162 cm³/mol. The van der Waals surface area contributed by atoms with Gasteiger partial charge in [-0.25, -0.2) is 4.79 Å². The van der Waals surface area contributed by atoms with Gasteiger partial charge in [0.1, 0.15) is 0 Å². The minimum atomic E-state index is -4.88. The summed E-state index contributed by atoms with van der Waals surface area (Å²) < 4.78 is 63.1. The third-order valence-corrected chi connectivity index (χ3v) is 8.96. The van der Waals surface area contributed by atoms with E-state index < -0.39 is 41.6 Å². The van der Waals surface area contributed by atoms with E-state index in [-0.39, 0.29) is 38.7 Å². The predicted octanol–water partition coefficient (Wildman–Crippen LogP) is 7.66. The molecule has 3 aliphatic rings. The average molecular weight is 652 g/mol. The highest BCUT2D eigenvalue weighted by atomic mass is 19.3. The van der Waals surface area contributed by atoms with Crippen molar-refractivity contribution in [1.82, 2.24) is 10.2 Å². The van der Waals surface area contributed by atoms with Crippen LogP contribution >= 0.6 is 0 Å². The number of rotatable bonds is 9. The van der Waals surface area contributed by atoms with Crippen molar-refractivity contribution < 1.29 is 46.5 Å². The van der Waals surface area contributed by atoms with Crippen LogP contribution in [0, 0.1) is 11.8 Å². The number of alkyl halides is 4. The molecule has 0 unspecified atom stereocenters. The summed E-state index contributed by atoms with van der Waals surface area (Å²) in [6.45, 7) is 0.188. The van der Waals surface area contributed by atoms with Crippen LogP contribution in [0.25, 0.3) is 0 Å². The van der Waals surface area contributed by atoms with Crippen molar-refractivity contribution in [3.05, 3.63) is 53.6 Å². The number of fused-ring (bicyclic) bond motifs is 1. The Bertz CT molecular complexity index is 1380. The first-order chi connectivity index (χ1) is 21.4. The minimum absolute atomic E-state index is 0. The van der Waals surface area contributed by atoms with Gasteiger partial charge in [-0.2, -0.15) is 17.6 Å². The van der Waals surface area contributed by atoms with Gasteiger partial charge in [0.25, 0.3) is 5.91 Å². The van der Waals surface area contributed by atoms with Crippen LogP contribution < -0.4 is 20.1 Å². The van der Waals surface area contributed by atoms with Crippen molar-refractivity contribution in [2.45, 2.75) is 96.4 Å². The molecule has 1 aliphatic heterocycles. The van der Waals surface area contributed by atoms with Crippen molar-refractivity contribution in [3.63, 3.8) is 0 Å². The van der Waals surface area contributed by atoms with Gasteiger partial charge < -0.3 is 30.1 Å². The molecule has 2 aliphatic carbocycles. The van der Waals surface area contributed by atoms with E-state index in [4.69, 9.17) is 5.11 Å². The lowest BCUT2D eigenvalue weighted by Crippen LogP contribution is -2.52. The second-order valence-electron chi connectivity index (χ2n) is 12.0. The fourth-order valence-corrected chi connectivity index (χ4v) is 6.54. The number of amides is 3. The van der Waals surface area contributed by atoms with E-state index in [1.165, 1.54) is 38.2 Å². The summed E-state index contributed by atoms with van der Waals surface area (Å²) in [6.07, 6.45) is -0.0886. The van der Waals surface area contributed by atoms with Crippen molar-refractivity contribution in [3.8, 4) is 11.5 Å². The Morgan fingerprint density at radius 2 is 1.43 bits per heavy atom. The van der Waals surface area contributed by atoms with Gasteiger partial charge in [0.2, 0.25) is 0 Å². The fourth-order valence-electron chi connectivity index (χ4n) is 6.54. The summed E-state index contributed by atoms with van der Waals surface area (Å²) in [5.74, 6) is -1.32. The van der Waals surface area contributed by atoms with Crippen LogP contribution in [0.5, 0.6) is 11.5 Å². The van der Waals surface area contributed by atoms with Crippen LogP contribution in [-0.2, 0) is 11.3 Å². The van der Waals surface area contributed by atoms with Crippen LogP contribution in [-0.4, -0.2) is 52.7 Å². The Hall–Kier alpha value is -4.03. The second kappa shape index (κ2) is 14.6. The molecule has 2 aromatic carbocycles. The van der Waals surface area contributed by atoms with Crippen LogP contribution in [0.15, 0.2) is 42.5 Å². The van der Waals surface area contributed by atoms with Crippen molar-refractivity contribution in [1.29, 1.82) is 0 Å². The lowest BCUT2D eigenvalue weighted by molar-refractivity contribution is -0.391. The van der Waals surface area contributed by atoms with Crippen LogP contribution in [0.4, 0.5) is 28.0 Å². The molecule has 0 aromatic heterocycles. The van der Waals surface area contributed by atoms with Crippen molar-refractivity contribution in [2.75, 3.05) is 11.9 Å². The number of urea groups is 1. The number of aliphatic carboxylic acids is 1. The first kappa shape index (κ1) is 34.8. The standard InChI is InChI=1S/C32H37F4N3O6.CH4/c33-31(34)32(35,36)45-27-18-24(12-15-26(27)44-31)38-30(43)39(25-13-10-22(11-14-25)21-4-2-1-3-5-21)19-20-6-8-23(9-7-20)29(42)37-17-16-28(40)41;/h6-9,12,15,18,21-22,25H,1-5,10-11,13-14,16-17,19H2,(H,37,42)(H,38,43)(H,40,41);1H4. The van der Waals surface area contributed by atoms with E-state index in [1.54, 1.807) is 29.2 Å². The van der Waals surface area contributed by atoms with E-state index in [1.807, 2.05) is 0 Å². The molecule has 5 rings (SSSR count). The smallest absolute Gasteiger partial charge is 0.481 e. The molecular weight excluding hydrogens is 610 g/mol. The summed E-state index contributed by atoms with van der Waals surface area (Å²) in [5.41, 5.74) is 1.15. The number of carbonyl (C=O) groups excluding carboxylic acids is 2. The van der Waals surface area contributed by atoms with Crippen LogP contribution in [0.2, 0.25) is 0 Å². The highest BCUT2D eigenvalue weighted by Gasteiger charge is 2.66. The largest absolute Gasteiger partial charge is 0.507 e. The Kier molecular flexibility index (Phi) is 11.1. The molecule has 2 saturated carbocycles. The minimum Gasteiger partial charge on any atom is -0.481 e. The Labute approximate surface area is 265 Å². The summed E-state index contributed by atoms with van der Waals surface area (Å²) in [6, 6.07) is 9.34. The van der Waals surface area contributed by atoms with Gasteiger partial charge in [-0.15, -0.1) is 0 Å². The maximum absolute atomic E-state index is 13.8. The van der Waals surface area contributed by atoms with E-state index >= 15 is 0 Å². The number of nitrogens with one attached hydrogen (secondary N) is 2. The number of anilines is 1. The van der Waals surface area contributed by atoms with Gasteiger partial charge in [0.15, 0.2) is 11.5 Å². The zero-order valence-corrected chi connectivity index (χ0v) is 24.7. The number of nitrogens with zero attached hydrogens (tertiary/aromatic N) is 1. The second-order valence-corrected chi connectivity index (χ2v) is 12.0. The molecule has 0 bridgehead atoms. The summed E-state index contributed by atoms with van der Waals surface area (Å²) in [5, 5.41) is 14.0. The normalized spacial score (nSPS) is 21.7. The SMILES string of the molecule is C.O=C(O)CCNC(=O)c1ccc(CN(C(=O)Nc2ccc3c(c2)OC(F)(F)C(F)(F)O3)C2CCC(C3CCCCC3)CC2)cc1. The zero-order valence-electron chi connectivity index (χ0n) is 24.7. The van der Waals surface area contributed by atoms with Crippen molar-refractivity contribution >= 4 is 23.6 Å². The summed E-state index contributed by atoms with van der Waals surface area (Å²) >= 11 is 0. The molecule has 46 heavy (non-hydrogen) atoms. The van der Waals surface area contributed by atoms with Gasteiger partial charge in [0, 0.05) is 36.4 Å². The highest BCUT2D eigenvalue weighted by molar-refractivity contribution is 5.94. The number of carboxylic acid groups (broad SMARTS) is 1. The molecule has 252 valence electrons. The molecule has 0 spiro atoms. The zero-order chi connectivity index (χ0) is 32.2. The molecule has 3 amide bonds. The molecule has 1 heterocycles. The molecule has 0 atom stereocenters. The molecular formula is C33H41F4N3O6. The fraction of sp³-hybridized carbons (Fsp3) is 0.545. The third kappa shape index (κ3) is 8.21. The first-order valence-corrected chi connectivity index (χ1v) is 15.4. The molecule has 3 N–H and O–H groups in total. The summed E-state index contributed by atoms with van der Waals surface area (Å²) in [4.78, 5) is 38.5. The van der Waals surface area contributed by atoms with E-state index in [2.05, 4.69) is 20.1 Å². The first-order valence-electron chi connectivity index (χ1n) is 15.4. The lowest BCUT2D eigenvalue weighted by Gasteiger charge is -2.40. The summed E-state index contributed by atoms with van der Waals surface area (Å²) in [7, 11) is 0. The number of ether oxygens (including phenoxy) is 2. The lowest BCUT2D eigenvalue weighted by atomic mass is 9.72. The number of carboxylic acids is 1. The molecule has 9 nitrogen and oxygen atoms in total. The maximum atomic E-state index is 13.8. The number of benzene rings is 2. The molecule has 13 heteroatoms. The number of hydrogen-bond donors (Lipinski definition) is 3. The van der Waals surface area contributed by atoms with E-state index in [0.29, 0.717) is 17.4 Å². The maximum Gasteiger partial charge on any atom is 0.507 e. The topological polar surface area (TPSA) is 117 Å². The van der Waals surface area contributed by atoms with Gasteiger partial charge in [-0.1, -0.05) is 51.7 Å². The van der Waals surface area contributed by atoms with E-state index in [0.717, 1.165) is 43.4 Å². The molecule has 0 saturated heterocycles. The monoisotopic (exact) mass is 651 g/mol. The quantitative estimate of drug-likeness (QED) is 0.240. The molecule has 0 radical (unpaired) electrons. The van der Waals surface area contributed by atoms with Crippen LogP contribution in [0.3, 0.4) is 0 Å². The van der Waals surface area contributed by atoms with Gasteiger partial charge in [-0.05, 0) is 67.3 Å². The number of halogens is 4. The van der Waals surface area contributed by atoms with Crippen LogP contribution in [0.1, 0.15) is 87.6 Å².